The van der Waals surface area contributed by atoms with E-state index in [2.05, 4.69) is 15.9 Å². The van der Waals surface area contributed by atoms with Crippen LogP contribution in [-0.4, -0.2) is 0 Å². The van der Waals surface area contributed by atoms with Gasteiger partial charge in [0, 0.05) is 10.0 Å². The fraction of sp³-hybridized carbons (Fsp3) is 0.143. The third kappa shape index (κ3) is 3.31. The molecule has 0 fully saturated rings. The number of benzene rings is 2. The second-order valence-corrected chi connectivity index (χ2v) is 4.86. The monoisotopic (exact) mass is 309 g/mol. The van der Waals surface area contributed by atoms with E-state index < -0.39 is 5.82 Å². The van der Waals surface area contributed by atoms with Gasteiger partial charge in [0.15, 0.2) is 5.82 Å². The summed E-state index contributed by atoms with van der Waals surface area (Å²) in [5.41, 5.74) is 7.16. The Hall–Kier alpha value is -1.39. The lowest BCUT2D eigenvalue weighted by Gasteiger charge is -2.07. The predicted molar refractivity (Wildman–Crippen MR) is 73.4 cm³/mol. The number of hydrogen-bond acceptors (Lipinski definition) is 2. The van der Waals surface area contributed by atoms with Crippen molar-refractivity contribution in [3.8, 4) is 0 Å². The maximum Gasteiger partial charge on any atom is 0.151 e. The van der Waals surface area contributed by atoms with E-state index in [1.54, 1.807) is 12.1 Å². The molecule has 0 spiro atoms. The summed E-state index contributed by atoms with van der Waals surface area (Å²) in [7, 11) is 0. The molecule has 0 saturated heterocycles. The van der Waals surface area contributed by atoms with Crippen LogP contribution in [0.15, 0.2) is 46.9 Å². The molecule has 2 aromatic rings. The minimum Gasteiger partial charge on any atom is -0.396 e. The van der Waals surface area contributed by atoms with Gasteiger partial charge >= 0.3 is 0 Å². The van der Waals surface area contributed by atoms with Gasteiger partial charge in [-0.3, -0.25) is 0 Å². The zero-order valence-electron chi connectivity index (χ0n) is 9.70. The molecule has 0 bridgehead atoms. The van der Waals surface area contributed by atoms with Crippen LogP contribution in [0.4, 0.5) is 10.1 Å². The Balaban J connectivity index is 1.92. The van der Waals surface area contributed by atoms with Crippen molar-refractivity contribution in [1.82, 2.24) is 0 Å². The zero-order valence-corrected chi connectivity index (χ0v) is 11.3. The Labute approximate surface area is 114 Å². The Kier molecular flexibility index (Phi) is 4.33. The van der Waals surface area contributed by atoms with Gasteiger partial charge in [0.05, 0.1) is 18.9 Å². The molecule has 0 aliphatic rings. The second-order valence-electron chi connectivity index (χ2n) is 3.94. The normalized spacial score (nSPS) is 10.6. The van der Waals surface area contributed by atoms with Gasteiger partial charge < -0.3 is 10.5 Å². The summed E-state index contributed by atoms with van der Waals surface area (Å²) in [5.74, 6) is -0.395. The molecule has 18 heavy (non-hydrogen) atoms. The molecule has 94 valence electrons. The molecule has 2 rings (SSSR count). The summed E-state index contributed by atoms with van der Waals surface area (Å²) in [6, 6.07) is 12.7. The van der Waals surface area contributed by atoms with Crippen LogP contribution in [0.25, 0.3) is 0 Å². The Morgan fingerprint density at radius 1 is 1.06 bits per heavy atom. The molecule has 2 aromatic carbocycles. The van der Waals surface area contributed by atoms with E-state index >= 15 is 0 Å². The van der Waals surface area contributed by atoms with Crippen molar-refractivity contribution in [2.24, 2.45) is 0 Å². The van der Waals surface area contributed by atoms with Crippen molar-refractivity contribution in [3.05, 3.63) is 63.9 Å². The fourth-order valence-corrected chi connectivity index (χ4v) is 1.83. The summed E-state index contributed by atoms with van der Waals surface area (Å²) in [6.45, 7) is 0.661. The highest BCUT2D eigenvalue weighted by molar-refractivity contribution is 9.10. The quantitative estimate of drug-likeness (QED) is 0.870. The summed E-state index contributed by atoms with van der Waals surface area (Å²) < 4.78 is 20.1. The Bertz CT molecular complexity index is 528. The molecule has 0 heterocycles. The number of halogens is 2. The predicted octanol–water partition coefficient (Wildman–Crippen LogP) is 3.89. The minimum absolute atomic E-state index is 0.153. The Morgan fingerprint density at radius 2 is 1.78 bits per heavy atom. The SMILES string of the molecule is Nc1cccc(COCc2ccc(Br)cc2)c1F. The number of ether oxygens (including phenoxy) is 1. The first-order valence-electron chi connectivity index (χ1n) is 5.52. The maximum atomic E-state index is 13.6. The molecule has 0 aromatic heterocycles. The molecule has 0 aliphatic heterocycles. The highest BCUT2D eigenvalue weighted by Crippen LogP contribution is 2.16. The molecule has 2 N–H and O–H groups in total. The number of nitrogens with two attached hydrogens (primary N) is 1. The largest absolute Gasteiger partial charge is 0.396 e. The average Bonchev–Trinajstić information content (AvgIpc) is 2.37. The van der Waals surface area contributed by atoms with Crippen LogP contribution >= 0.6 is 15.9 Å². The molecule has 0 unspecified atom stereocenters. The van der Waals surface area contributed by atoms with Gasteiger partial charge in [0.25, 0.3) is 0 Å². The molecule has 0 radical (unpaired) electrons. The molecule has 0 amide bonds. The first-order chi connectivity index (χ1) is 8.66. The highest BCUT2D eigenvalue weighted by Gasteiger charge is 2.05. The van der Waals surface area contributed by atoms with Crippen molar-refractivity contribution in [2.45, 2.75) is 13.2 Å². The van der Waals surface area contributed by atoms with Gasteiger partial charge in [-0.1, -0.05) is 40.2 Å². The molecular weight excluding hydrogens is 297 g/mol. The van der Waals surface area contributed by atoms with Gasteiger partial charge in [-0.15, -0.1) is 0 Å². The van der Waals surface area contributed by atoms with Gasteiger partial charge in [0.1, 0.15) is 0 Å². The van der Waals surface area contributed by atoms with Crippen LogP contribution in [0, 0.1) is 5.82 Å². The molecule has 0 aliphatic carbocycles. The number of hydrogen-bond donors (Lipinski definition) is 1. The summed E-state index contributed by atoms with van der Waals surface area (Å²) in [4.78, 5) is 0. The van der Waals surface area contributed by atoms with Crippen molar-refractivity contribution in [1.29, 1.82) is 0 Å². The molecular formula is C14H13BrFNO. The third-order valence-corrected chi connectivity index (χ3v) is 3.08. The minimum atomic E-state index is -0.395. The first-order valence-corrected chi connectivity index (χ1v) is 6.31. The standard InChI is InChI=1S/C14H13BrFNO/c15-12-6-4-10(5-7-12)8-18-9-11-2-1-3-13(17)14(11)16/h1-7H,8-9,17H2. The van der Waals surface area contributed by atoms with E-state index in [0.717, 1.165) is 10.0 Å². The second kappa shape index (κ2) is 5.98. The summed E-state index contributed by atoms with van der Waals surface area (Å²) >= 11 is 3.36. The van der Waals surface area contributed by atoms with Crippen LogP contribution in [0.5, 0.6) is 0 Å². The topological polar surface area (TPSA) is 35.2 Å². The lowest BCUT2D eigenvalue weighted by atomic mass is 10.2. The van der Waals surface area contributed by atoms with Crippen molar-refractivity contribution >= 4 is 21.6 Å². The van der Waals surface area contributed by atoms with E-state index in [9.17, 15) is 4.39 Å². The smallest absolute Gasteiger partial charge is 0.151 e. The van der Waals surface area contributed by atoms with Crippen LogP contribution < -0.4 is 5.73 Å². The van der Waals surface area contributed by atoms with Gasteiger partial charge in [-0.2, -0.15) is 0 Å². The maximum absolute atomic E-state index is 13.6. The number of anilines is 1. The van der Waals surface area contributed by atoms with Crippen LogP contribution in [-0.2, 0) is 18.0 Å². The van der Waals surface area contributed by atoms with Crippen LogP contribution in [0.3, 0.4) is 0 Å². The Morgan fingerprint density at radius 3 is 2.50 bits per heavy atom. The van der Waals surface area contributed by atoms with Crippen LogP contribution in [0.2, 0.25) is 0 Å². The number of rotatable bonds is 4. The van der Waals surface area contributed by atoms with Gasteiger partial charge in [0.2, 0.25) is 0 Å². The molecule has 0 atom stereocenters. The zero-order chi connectivity index (χ0) is 13.0. The van der Waals surface area contributed by atoms with Crippen molar-refractivity contribution in [3.63, 3.8) is 0 Å². The van der Waals surface area contributed by atoms with E-state index in [1.807, 2.05) is 24.3 Å². The summed E-state index contributed by atoms with van der Waals surface area (Å²) in [5, 5.41) is 0. The first kappa shape index (κ1) is 13.1. The lowest BCUT2D eigenvalue weighted by molar-refractivity contribution is 0.105. The van der Waals surface area contributed by atoms with Gasteiger partial charge in [-0.05, 0) is 23.8 Å². The third-order valence-electron chi connectivity index (χ3n) is 2.55. The van der Waals surface area contributed by atoms with Crippen LogP contribution in [0.1, 0.15) is 11.1 Å². The molecule has 2 nitrogen and oxygen atoms in total. The fourth-order valence-electron chi connectivity index (χ4n) is 1.57. The molecule has 0 saturated carbocycles. The molecule has 4 heteroatoms. The highest BCUT2D eigenvalue weighted by atomic mass is 79.9. The van der Waals surface area contributed by atoms with Crippen molar-refractivity contribution in [2.75, 3.05) is 5.73 Å². The van der Waals surface area contributed by atoms with Gasteiger partial charge in [-0.25, -0.2) is 4.39 Å². The number of nitrogen functional groups attached to an aromatic ring is 1. The van der Waals surface area contributed by atoms with Crippen molar-refractivity contribution < 1.29 is 9.13 Å². The van der Waals surface area contributed by atoms with E-state index in [-0.39, 0.29) is 12.3 Å². The average molecular weight is 310 g/mol. The van der Waals surface area contributed by atoms with E-state index in [1.165, 1.54) is 6.07 Å². The van der Waals surface area contributed by atoms with E-state index in [0.29, 0.717) is 12.2 Å². The lowest BCUT2D eigenvalue weighted by Crippen LogP contribution is -2.00. The summed E-state index contributed by atoms with van der Waals surface area (Å²) in [6.07, 6.45) is 0. The van der Waals surface area contributed by atoms with E-state index in [4.69, 9.17) is 10.5 Å².